The minimum atomic E-state index is -3.85. The van der Waals surface area contributed by atoms with Crippen LogP contribution in [0.5, 0.6) is 0 Å². The lowest BCUT2D eigenvalue weighted by atomic mass is 9.91. The highest BCUT2D eigenvalue weighted by Crippen LogP contribution is 2.29. The lowest BCUT2D eigenvalue weighted by molar-refractivity contribution is -0.149. The molecule has 0 aliphatic rings. The third-order valence-corrected chi connectivity index (χ3v) is 5.23. The summed E-state index contributed by atoms with van der Waals surface area (Å²) in [6.45, 7) is 3.53. The average molecular weight is 361 g/mol. The molecule has 1 unspecified atom stereocenters. The Morgan fingerprint density at radius 3 is 2.24 bits per heavy atom. The highest BCUT2D eigenvalue weighted by Gasteiger charge is 2.28. The van der Waals surface area contributed by atoms with Crippen LogP contribution in [0.1, 0.15) is 30.4 Å². The Labute approximate surface area is 146 Å². The summed E-state index contributed by atoms with van der Waals surface area (Å²) in [5, 5.41) is 8.98. The van der Waals surface area contributed by atoms with Gasteiger partial charge in [-0.15, -0.1) is 0 Å². The maximum absolute atomic E-state index is 12.6. The number of hydrogen-bond donors (Lipinski definition) is 2. The number of carboxylic acid groups (broad SMARTS) is 1. The lowest BCUT2D eigenvalue weighted by Gasteiger charge is -2.17. The Balaban J connectivity index is 2.42. The first kappa shape index (κ1) is 18.7. The predicted octanol–water partition coefficient (Wildman–Crippen LogP) is 2.94. The summed E-state index contributed by atoms with van der Waals surface area (Å²) in [5.74, 6) is -3.43. The molecule has 2 aromatic carbocycles. The molecule has 0 heterocycles. The van der Waals surface area contributed by atoms with Gasteiger partial charge in [-0.3, -0.25) is 9.52 Å². The van der Waals surface area contributed by atoms with E-state index in [0.29, 0.717) is 5.56 Å². The van der Waals surface area contributed by atoms with E-state index in [2.05, 4.69) is 4.72 Å². The first-order valence-electron chi connectivity index (χ1n) is 7.71. The van der Waals surface area contributed by atoms with E-state index in [1.807, 2.05) is 6.92 Å². The number of carbonyl (C=O) groups is 2. The summed E-state index contributed by atoms with van der Waals surface area (Å²) in [5.41, 5.74) is 1.47. The zero-order valence-corrected chi connectivity index (χ0v) is 14.7. The lowest BCUT2D eigenvalue weighted by Crippen LogP contribution is -2.23. The molecule has 0 fully saturated rings. The molecule has 0 bridgehead atoms. The summed E-state index contributed by atoms with van der Waals surface area (Å²) in [6, 6.07) is 12.7. The van der Waals surface area contributed by atoms with Gasteiger partial charge in [-0.05, 0) is 37.1 Å². The van der Waals surface area contributed by atoms with Crippen LogP contribution in [-0.4, -0.2) is 25.3 Å². The molecule has 0 radical (unpaired) electrons. The van der Waals surface area contributed by atoms with Crippen molar-refractivity contribution in [2.24, 2.45) is 0 Å². The van der Waals surface area contributed by atoms with E-state index in [1.165, 1.54) is 18.2 Å². The number of sulfonamides is 1. The molecule has 2 rings (SSSR count). The summed E-state index contributed by atoms with van der Waals surface area (Å²) in [6.07, 6.45) is 0.244. The molecule has 2 N–H and O–H groups in total. The summed E-state index contributed by atoms with van der Waals surface area (Å²) in [7, 11) is -3.85. The number of carbonyl (C=O) groups excluding carboxylic acids is 1. The Morgan fingerprint density at radius 2 is 1.68 bits per heavy atom. The monoisotopic (exact) mass is 361 g/mol. The van der Waals surface area contributed by atoms with Crippen LogP contribution in [0.2, 0.25) is 0 Å². The second-order valence-electron chi connectivity index (χ2n) is 5.64. The maximum atomic E-state index is 12.6. The van der Waals surface area contributed by atoms with Crippen LogP contribution in [0.3, 0.4) is 0 Å². The van der Waals surface area contributed by atoms with Crippen molar-refractivity contribution in [2.75, 3.05) is 4.72 Å². The molecule has 2 aromatic rings. The number of benzene rings is 2. The predicted molar refractivity (Wildman–Crippen MR) is 94.1 cm³/mol. The highest BCUT2D eigenvalue weighted by molar-refractivity contribution is 7.92. The van der Waals surface area contributed by atoms with Crippen LogP contribution in [0.25, 0.3) is 0 Å². The minimum Gasteiger partial charge on any atom is -0.475 e. The topological polar surface area (TPSA) is 101 Å². The summed E-state index contributed by atoms with van der Waals surface area (Å²) in [4.78, 5) is 23.0. The number of ketones is 1. The van der Waals surface area contributed by atoms with Gasteiger partial charge in [0.2, 0.25) is 5.78 Å². The van der Waals surface area contributed by atoms with Crippen molar-refractivity contribution >= 4 is 27.5 Å². The molecular formula is C18H19NO5S. The first-order chi connectivity index (χ1) is 11.8. The van der Waals surface area contributed by atoms with Gasteiger partial charge >= 0.3 is 5.97 Å². The zero-order chi connectivity index (χ0) is 18.6. The molecule has 0 aromatic heterocycles. The Kier molecular flexibility index (Phi) is 5.58. The fourth-order valence-corrected chi connectivity index (χ4v) is 3.60. The molecule has 0 saturated heterocycles. The van der Waals surface area contributed by atoms with Gasteiger partial charge in [0.15, 0.2) is 0 Å². The molecule has 7 heteroatoms. The Hall–Kier alpha value is -2.67. The normalized spacial score (nSPS) is 12.4. The van der Waals surface area contributed by atoms with Crippen LogP contribution in [-0.2, 0) is 19.6 Å². The molecule has 132 valence electrons. The van der Waals surface area contributed by atoms with Gasteiger partial charge < -0.3 is 5.11 Å². The second-order valence-corrected chi connectivity index (χ2v) is 7.32. The molecule has 0 aliphatic heterocycles. The fourth-order valence-electron chi connectivity index (χ4n) is 2.51. The molecular weight excluding hydrogens is 342 g/mol. The van der Waals surface area contributed by atoms with Gasteiger partial charge in [0.05, 0.1) is 16.5 Å². The van der Waals surface area contributed by atoms with Gasteiger partial charge in [0.25, 0.3) is 10.0 Å². The van der Waals surface area contributed by atoms with Crippen LogP contribution < -0.4 is 4.72 Å². The highest BCUT2D eigenvalue weighted by atomic mass is 32.2. The zero-order valence-electron chi connectivity index (χ0n) is 13.9. The number of nitrogens with one attached hydrogen (secondary N) is 1. The van der Waals surface area contributed by atoms with E-state index in [4.69, 9.17) is 5.11 Å². The Morgan fingerprint density at radius 1 is 1.08 bits per heavy atom. The number of Topliss-reactive ketones (excluding diaryl/α,β-unsaturated/α-hetero) is 1. The molecule has 1 atom stereocenters. The molecule has 0 saturated carbocycles. The van der Waals surface area contributed by atoms with Gasteiger partial charge in [-0.1, -0.05) is 42.8 Å². The van der Waals surface area contributed by atoms with Crippen LogP contribution in [0.15, 0.2) is 53.4 Å². The minimum absolute atomic E-state index is 0.0884. The van der Waals surface area contributed by atoms with Crippen molar-refractivity contribution in [3.63, 3.8) is 0 Å². The number of hydrogen-bond acceptors (Lipinski definition) is 4. The molecule has 0 aliphatic carbocycles. The second kappa shape index (κ2) is 7.48. The quantitative estimate of drug-likeness (QED) is 0.739. The van der Waals surface area contributed by atoms with Crippen LogP contribution >= 0.6 is 0 Å². The molecule has 0 amide bonds. The number of anilines is 1. The van der Waals surface area contributed by atoms with E-state index >= 15 is 0 Å². The molecule has 25 heavy (non-hydrogen) atoms. The van der Waals surface area contributed by atoms with Crippen molar-refractivity contribution in [3.05, 3.63) is 59.7 Å². The van der Waals surface area contributed by atoms with E-state index < -0.39 is 27.7 Å². The van der Waals surface area contributed by atoms with Gasteiger partial charge in [-0.2, -0.15) is 0 Å². The third kappa shape index (κ3) is 4.24. The van der Waals surface area contributed by atoms with Gasteiger partial charge in [-0.25, -0.2) is 13.2 Å². The number of para-hydroxylation sites is 1. The van der Waals surface area contributed by atoms with E-state index in [-0.39, 0.29) is 17.0 Å². The van der Waals surface area contributed by atoms with Gasteiger partial charge in [0, 0.05) is 0 Å². The summed E-state index contributed by atoms with van der Waals surface area (Å²) >= 11 is 0. The Bertz CT molecular complexity index is 888. The molecule has 0 spiro atoms. The van der Waals surface area contributed by atoms with E-state index in [0.717, 1.165) is 5.56 Å². The standard InChI is InChI=1S/C18H19NO5S/c1-3-14(17(20)18(21)22)15-6-4-5-7-16(15)19-25(23,24)13-10-8-12(2)9-11-13/h4-11,14,19H,3H2,1-2H3,(H,21,22). The van der Waals surface area contributed by atoms with Crippen LogP contribution in [0.4, 0.5) is 5.69 Å². The van der Waals surface area contributed by atoms with Crippen molar-refractivity contribution < 1.29 is 23.1 Å². The SMILES string of the molecule is CCC(C(=O)C(=O)O)c1ccccc1NS(=O)(=O)c1ccc(C)cc1. The largest absolute Gasteiger partial charge is 0.475 e. The molecule has 6 nitrogen and oxygen atoms in total. The maximum Gasteiger partial charge on any atom is 0.372 e. The number of carboxylic acids is 1. The summed E-state index contributed by atoms with van der Waals surface area (Å²) < 4.78 is 27.6. The number of aryl methyl sites for hydroxylation is 1. The van der Waals surface area contributed by atoms with Crippen molar-refractivity contribution in [1.29, 1.82) is 0 Å². The smallest absolute Gasteiger partial charge is 0.372 e. The fraction of sp³-hybridized carbons (Fsp3) is 0.222. The first-order valence-corrected chi connectivity index (χ1v) is 9.20. The van der Waals surface area contributed by atoms with Crippen molar-refractivity contribution in [2.45, 2.75) is 31.1 Å². The number of aliphatic carboxylic acids is 1. The van der Waals surface area contributed by atoms with Gasteiger partial charge in [0.1, 0.15) is 0 Å². The van der Waals surface area contributed by atoms with Crippen LogP contribution in [0, 0.1) is 6.92 Å². The van der Waals surface area contributed by atoms with E-state index in [9.17, 15) is 18.0 Å². The van der Waals surface area contributed by atoms with Crippen molar-refractivity contribution in [1.82, 2.24) is 0 Å². The number of rotatable bonds is 7. The van der Waals surface area contributed by atoms with E-state index in [1.54, 1.807) is 37.3 Å². The average Bonchev–Trinajstić information content (AvgIpc) is 2.57. The van der Waals surface area contributed by atoms with Crippen molar-refractivity contribution in [3.8, 4) is 0 Å². The third-order valence-electron chi connectivity index (χ3n) is 3.85.